The minimum atomic E-state index is 0.142. The third-order valence-electron chi connectivity index (χ3n) is 4.92. The Kier molecular flexibility index (Phi) is 4.59. The predicted molar refractivity (Wildman–Crippen MR) is 101 cm³/mol. The number of amides is 1. The third kappa shape index (κ3) is 3.29. The Bertz CT molecular complexity index is 913. The van der Waals surface area contributed by atoms with E-state index in [1.807, 2.05) is 36.1 Å². The summed E-state index contributed by atoms with van der Waals surface area (Å²) in [5, 5.41) is 10.3. The van der Waals surface area contributed by atoms with Gasteiger partial charge in [0, 0.05) is 29.8 Å². The van der Waals surface area contributed by atoms with Crippen molar-refractivity contribution in [2.75, 3.05) is 6.54 Å². The molecular formula is C20H21N3O2S. The van der Waals surface area contributed by atoms with Gasteiger partial charge in [0.25, 0.3) is 0 Å². The third-order valence-corrected chi connectivity index (χ3v) is 5.91. The van der Waals surface area contributed by atoms with Crippen LogP contribution in [0.15, 0.2) is 40.1 Å². The fourth-order valence-electron chi connectivity index (χ4n) is 3.38. The van der Waals surface area contributed by atoms with Gasteiger partial charge in [-0.25, -0.2) is 0 Å². The number of aryl methyl sites for hydroxylation is 2. The monoisotopic (exact) mass is 367 g/mol. The van der Waals surface area contributed by atoms with Gasteiger partial charge in [-0.1, -0.05) is 17.7 Å². The van der Waals surface area contributed by atoms with Crippen LogP contribution in [0.1, 0.15) is 41.3 Å². The maximum Gasteiger partial charge on any atom is 0.247 e. The van der Waals surface area contributed by atoms with Crippen molar-refractivity contribution in [3.63, 3.8) is 0 Å². The fourth-order valence-corrected chi connectivity index (χ4v) is 4.34. The van der Waals surface area contributed by atoms with Gasteiger partial charge in [-0.3, -0.25) is 4.79 Å². The Morgan fingerprint density at radius 3 is 2.88 bits per heavy atom. The highest BCUT2D eigenvalue weighted by molar-refractivity contribution is 7.10. The Morgan fingerprint density at radius 1 is 1.27 bits per heavy atom. The first-order valence-corrected chi connectivity index (χ1v) is 9.75. The highest BCUT2D eigenvalue weighted by Crippen LogP contribution is 2.33. The van der Waals surface area contributed by atoms with E-state index in [0.717, 1.165) is 18.5 Å². The summed E-state index contributed by atoms with van der Waals surface area (Å²) < 4.78 is 5.73. The van der Waals surface area contributed by atoms with Crippen LogP contribution >= 0.6 is 11.3 Å². The van der Waals surface area contributed by atoms with E-state index in [2.05, 4.69) is 28.6 Å². The number of carbonyl (C=O) groups excluding carboxylic acids is 1. The molecule has 0 saturated heterocycles. The highest BCUT2D eigenvalue weighted by Gasteiger charge is 2.28. The Hall–Kier alpha value is -2.47. The summed E-state index contributed by atoms with van der Waals surface area (Å²) in [7, 11) is 0. The fraction of sp³-hybridized carbons (Fsp3) is 0.350. The molecule has 0 radical (unpaired) electrons. The highest BCUT2D eigenvalue weighted by atomic mass is 32.1. The molecule has 2 aromatic heterocycles. The molecule has 0 saturated carbocycles. The molecular weight excluding hydrogens is 346 g/mol. The van der Waals surface area contributed by atoms with Crippen LogP contribution in [0.25, 0.3) is 11.5 Å². The van der Waals surface area contributed by atoms with Crippen molar-refractivity contribution in [3.8, 4) is 11.5 Å². The Labute approximate surface area is 156 Å². The van der Waals surface area contributed by atoms with Gasteiger partial charge in [-0.2, -0.15) is 0 Å². The lowest BCUT2D eigenvalue weighted by Crippen LogP contribution is -2.38. The van der Waals surface area contributed by atoms with E-state index < -0.39 is 0 Å². The van der Waals surface area contributed by atoms with Crippen molar-refractivity contribution in [2.45, 2.75) is 39.2 Å². The molecule has 0 N–H and O–H groups in total. The molecule has 4 rings (SSSR count). The summed E-state index contributed by atoms with van der Waals surface area (Å²) in [6.07, 6.45) is 1.80. The van der Waals surface area contributed by atoms with Crippen LogP contribution < -0.4 is 0 Å². The molecule has 1 aromatic carbocycles. The molecule has 3 heterocycles. The van der Waals surface area contributed by atoms with Crippen molar-refractivity contribution < 1.29 is 9.21 Å². The van der Waals surface area contributed by atoms with Crippen molar-refractivity contribution in [2.24, 2.45) is 0 Å². The quantitative estimate of drug-likeness (QED) is 0.694. The van der Waals surface area contributed by atoms with Crippen LogP contribution in [0.2, 0.25) is 0 Å². The molecule has 1 aliphatic heterocycles. The van der Waals surface area contributed by atoms with Crippen molar-refractivity contribution in [1.82, 2.24) is 15.1 Å². The molecule has 5 nitrogen and oxygen atoms in total. The smallest absolute Gasteiger partial charge is 0.247 e. The number of hydrogen-bond acceptors (Lipinski definition) is 5. The van der Waals surface area contributed by atoms with Gasteiger partial charge >= 0.3 is 0 Å². The first kappa shape index (κ1) is 17.0. The van der Waals surface area contributed by atoms with Crippen LogP contribution in [0, 0.1) is 6.92 Å². The van der Waals surface area contributed by atoms with E-state index in [9.17, 15) is 4.79 Å². The topological polar surface area (TPSA) is 59.2 Å². The first-order valence-electron chi connectivity index (χ1n) is 8.87. The Morgan fingerprint density at radius 2 is 2.08 bits per heavy atom. The second-order valence-corrected chi connectivity index (χ2v) is 7.68. The molecule has 0 fully saturated rings. The number of aromatic nitrogens is 2. The molecule has 0 aliphatic carbocycles. The number of thiophene rings is 1. The van der Waals surface area contributed by atoms with Crippen LogP contribution in [-0.4, -0.2) is 27.5 Å². The van der Waals surface area contributed by atoms with Crippen molar-refractivity contribution in [3.05, 3.63) is 57.6 Å². The standard InChI is InChI=1S/C20H21N3O2S/c1-13-3-5-15(6-4-13)20-22-21-18(25-20)7-8-19(24)23-11-9-17-16(14(23)2)10-12-26-17/h3-6,10,12,14H,7-9,11H2,1-2H3/t14-/m1/s1. The summed E-state index contributed by atoms with van der Waals surface area (Å²) in [4.78, 5) is 16.0. The molecule has 1 amide bonds. The van der Waals surface area contributed by atoms with Gasteiger partial charge in [0.1, 0.15) is 0 Å². The van der Waals surface area contributed by atoms with Crippen molar-refractivity contribution in [1.29, 1.82) is 0 Å². The maximum absolute atomic E-state index is 12.7. The second-order valence-electron chi connectivity index (χ2n) is 6.68. The molecule has 0 spiro atoms. The average molecular weight is 367 g/mol. The van der Waals surface area contributed by atoms with E-state index in [-0.39, 0.29) is 11.9 Å². The SMILES string of the molecule is Cc1ccc(-c2nnc(CCC(=O)N3CCc4sccc4[C@H]3C)o2)cc1. The number of carbonyl (C=O) groups is 1. The summed E-state index contributed by atoms with van der Waals surface area (Å²) >= 11 is 1.78. The average Bonchev–Trinajstić information content (AvgIpc) is 3.30. The zero-order chi connectivity index (χ0) is 18.1. The minimum Gasteiger partial charge on any atom is -0.421 e. The first-order chi connectivity index (χ1) is 12.6. The lowest BCUT2D eigenvalue weighted by molar-refractivity contribution is -0.133. The maximum atomic E-state index is 12.7. The van der Waals surface area contributed by atoms with Gasteiger partial charge in [-0.15, -0.1) is 21.5 Å². The number of hydrogen-bond donors (Lipinski definition) is 0. The van der Waals surface area contributed by atoms with Crippen LogP contribution in [0.3, 0.4) is 0 Å². The van der Waals surface area contributed by atoms with Crippen LogP contribution in [-0.2, 0) is 17.6 Å². The van der Waals surface area contributed by atoms with Crippen molar-refractivity contribution >= 4 is 17.2 Å². The number of fused-ring (bicyclic) bond motifs is 1. The Balaban J connectivity index is 1.39. The molecule has 0 unspecified atom stereocenters. The van der Waals surface area contributed by atoms with Gasteiger partial charge in [-0.05, 0) is 49.4 Å². The summed E-state index contributed by atoms with van der Waals surface area (Å²) in [6.45, 7) is 4.92. The van der Waals surface area contributed by atoms with Crippen LogP contribution in [0.5, 0.6) is 0 Å². The van der Waals surface area contributed by atoms with E-state index in [0.29, 0.717) is 24.6 Å². The zero-order valence-electron chi connectivity index (χ0n) is 14.9. The largest absolute Gasteiger partial charge is 0.421 e. The van der Waals surface area contributed by atoms with E-state index in [4.69, 9.17) is 4.42 Å². The lowest BCUT2D eigenvalue weighted by atomic mass is 10.0. The normalized spacial score (nSPS) is 16.5. The van der Waals surface area contributed by atoms with Crippen LogP contribution in [0.4, 0.5) is 0 Å². The number of nitrogens with zero attached hydrogens (tertiary/aromatic N) is 3. The second kappa shape index (κ2) is 7.03. The van der Waals surface area contributed by atoms with Gasteiger partial charge in [0.05, 0.1) is 6.04 Å². The molecule has 26 heavy (non-hydrogen) atoms. The molecule has 3 aromatic rings. The molecule has 0 bridgehead atoms. The molecule has 1 aliphatic rings. The van der Waals surface area contributed by atoms with Gasteiger partial charge < -0.3 is 9.32 Å². The molecule has 6 heteroatoms. The van der Waals surface area contributed by atoms with Gasteiger partial charge in [0.2, 0.25) is 17.7 Å². The number of rotatable bonds is 4. The van der Waals surface area contributed by atoms with E-state index >= 15 is 0 Å². The summed E-state index contributed by atoms with van der Waals surface area (Å²) in [6, 6.07) is 10.2. The molecule has 1 atom stereocenters. The zero-order valence-corrected chi connectivity index (χ0v) is 15.8. The molecule has 134 valence electrons. The summed E-state index contributed by atoms with van der Waals surface area (Å²) in [5.74, 6) is 1.15. The number of benzene rings is 1. The summed E-state index contributed by atoms with van der Waals surface area (Å²) in [5.41, 5.74) is 3.37. The predicted octanol–water partition coefficient (Wildman–Crippen LogP) is 4.19. The lowest BCUT2D eigenvalue weighted by Gasteiger charge is -2.33. The van der Waals surface area contributed by atoms with E-state index in [1.54, 1.807) is 11.3 Å². The van der Waals surface area contributed by atoms with Gasteiger partial charge in [0.15, 0.2) is 0 Å². The van der Waals surface area contributed by atoms with E-state index in [1.165, 1.54) is 16.0 Å². The minimum absolute atomic E-state index is 0.142.